The Morgan fingerprint density at radius 3 is 2.54 bits per heavy atom. The predicted molar refractivity (Wildman–Crippen MR) is 135 cm³/mol. The first-order chi connectivity index (χ1) is 15.8. The van der Waals surface area contributed by atoms with Gasteiger partial charge in [0.15, 0.2) is 5.52 Å². The fraction of sp³-hybridized carbons (Fsp3) is 0.391. The predicted octanol–water partition coefficient (Wildman–Crippen LogP) is 2.61. The first-order valence-electron chi connectivity index (χ1n) is 10.9. The van der Waals surface area contributed by atoms with E-state index in [2.05, 4.69) is 25.0 Å². The first kappa shape index (κ1) is 26.8. The molecule has 2 N–H and O–H groups in total. The van der Waals surface area contributed by atoms with Crippen LogP contribution in [0.3, 0.4) is 0 Å². The van der Waals surface area contributed by atoms with Crippen LogP contribution >= 0.6 is 24.8 Å². The van der Waals surface area contributed by atoms with Crippen molar-refractivity contribution in [3.05, 3.63) is 64.3 Å². The Morgan fingerprint density at radius 1 is 1.14 bits per heavy atom. The van der Waals surface area contributed by atoms with E-state index in [1.165, 1.54) is 12.4 Å². The van der Waals surface area contributed by atoms with Gasteiger partial charge in [-0.15, -0.1) is 24.8 Å². The molecule has 0 saturated carbocycles. The van der Waals surface area contributed by atoms with Crippen LogP contribution in [0, 0.1) is 5.82 Å². The van der Waals surface area contributed by atoms with Crippen molar-refractivity contribution in [1.29, 1.82) is 0 Å². The van der Waals surface area contributed by atoms with Crippen LogP contribution < -0.4 is 5.56 Å². The van der Waals surface area contributed by atoms with Crippen molar-refractivity contribution in [3.63, 3.8) is 0 Å². The van der Waals surface area contributed by atoms with Gasteiger partial charge in [-0.2, -0.15) is 5.10 Å². The van der Waals surface area contributed by atoms with E-state index in [9.17, 15) is 14.3 Å². The Morgan fingerprint density at radius 2 is 1.89 bits per heavy atom. The van der Waals surface area contributed by atoms with Gasteiger partial charge >= 0.3 is 0 Å². The maximum Gasteiger partial charge on any atom is 0.279 e. The average Bonchev–Trinajstić information content (AvgIpc) is 3.35. The van der Waals surface area contributed by atoms with Crippen molar-refractivity contribution in [2.45, 2.75) is 31.4 Å². The van der Waals surface area contributed by atoms with E-state index in [-0.39, 0.29) is 41.7 Å². The van der Waals surface area contributed by atoms with Crippen molar-refractivity contribution in [2.75, 3.05) is 13.1 Å². The third kappa shape index (κ3) is 5.25. The number of aromatic nitrogens is 6. The molecule has 4 aromatic rings. The van der Waals surface area contributed by atoms with E-state index in [4.69, 9.17) is 0 Å². The molecule has 35 heavy (non-hydrogen) atoms. The van der Waals surface area contributed by atoms with Crippen LogP contribution in [-0.2, 0) is 27.1 Å². The quantitative estimate of drug-likeness (QED) is 0.416. The highest BCUT2D eigenvalue weighted by Gasteiger charge is 2.34. The Bertz CT molecular complexity index is 1380. The first-order valence-corrected chi connectivity index (χ1v) is 10.9. The normalized spacial score (nSPS) is 15.5. The molecular weight excluding hydrogens is 496 g/mol. The van der Waals surface area contributed by atoms with Crippen molar-refractivity contribution in [3.8, 4) is 11.4 Å². The number of nitrogens with zero attached hydrogens (tertiary/aromatic N) is 6. The fourth-order valence-corrected chi connectivity index (χ4v) is 4.57. The van der Waals surface area contributed by atoms with Crippen LogP contribution in [0.25, 0.3) is 22.4 Å². The smallest absolute Gasteiger partial charge is 0.279 e. The number of rotatable bonds is 5. The molecule has 12 heteroatoms. The number of aliphatic hydroxyl groups is 1. The molecule has 0 radical (unpaired) electrons. The molecule has 1 aliphatic heterocycles. The van der Waals surface area contributed by atoms with Crippen LogP contribution in [0.1, 0.15) is 24.1 Å². The zero-order valence-electron chi connectivity index (χ0n) is 19.4. The number of H-pyrrole nitrogens is 1. The van der Waals surface area contributed by atoms with Crippen molar-refractivity contribution >= 4 is 35.8 Å². The highest BCUT2D eigenvalue weighted by Crippen LogP contribution is 2.29. The van der Waals surface area contributed by atoms with E-state index in [0.717, 1.165) is 17.1 Å². The maximum atomic E-state index is 14.8. The summed E-state index contributed by atoms with van der Waals surface area (Å²) in [5.74, 6) is 0.469. The summed E-state index contributed by atoms with van der Waals surface area (Å²) in [7, 11) is 3.64. The minimum atomic E-state index is -0.928. The average molecular weight is 524 g/mol. The van der Waals surface area contributed by atoms with Gasteiger partial charge in [-0.05, 0) is 18.9 Å². The van der Waals surface area contributed by atoms with E-state index < -0.39 is 5.60 Å². The third-order valence-electron chi connectivity index (χ3n) is 6.55. The molecule has 0 unspecified atom stereocenters. The van der Waals surface area contributed by atoms with E-state index in [1.807, 2.05) is 29.9 Å². The number of hydrogen-bond donors (Lipinski definition) is 2. The number of piperidine rings is 1. The van der Waals surface area contributed by atoms with Crippen LogP contribution in [-0.4, -0.2) is 58.0 Å². The Balaban J connectivity index is 0.00000171. The molecule has 1 aromatic carbocycles. The van der Waals surface area contributed by atoms with Gasteiger partial charge in [-0.25, -0.2) is 14.4 Å². The van der Waals surface area contributed by atoms with Gasteiger partial charge < -0.3 is 14.7 Å². The van der Waals surface area contributed by atoms with Crippen LogP contribution in [0.5, 0.6) is 0 Å². The minimum Gasteiger partial charge on any atom is -0.389 e. The molecule has 1 aliphatic rings. The topological polar surface area (TPSA) is 105 Å². The number of imidazole rings is 1. The number of fused-ring (bicyclic) bond motifs is 1. The second kappa shape index (κ2) is 10.4. The maximum absolute atomic E-state index is 14.8. The number of nitrogens with one attached hydrogen (secondary N) is 1. The van der Waals surface area contributed by atoms with Gasteiger partial charge in [0.1, 0.15) is 17.2 Å². The van der Waals surface area contributed by atoms with Crippen molar-refractivity contribution in [2.24, 2.45) is 14.1 Å². The van der Waals surface area contributed by atoms with Crippen LogP contribution in [0.2, 0.25) is 0 Å². The molecule has 0 aliphatic carbocycles. The van der Waals surface area contributed by atoms with E-state index in [0.29, 0.717) is 50.0 Å². The number of aromatic amines is 1. The molecule has 1 fully saturated rings. The molecule has 0 amide bonds. The van der Waals surface area contributed by atoms with Gasteiger partial charge in [-0.1, -0.05) is 12.1 Å². The molecule has 0 bridgehead atoms. The van der Waals surface area contributed by atoms with Gasteiger partial charge in [0, 0.05) is 63.7 Å². The third-order valence-corrected chi connectivity index (χ3v) is 6.55. The lowest BCUT2D eigenvalue weighted by atomic mass is 9.86. The molecular formula is C23H28Cl2FN7O2. The zero-order chi connectivity index (χ0) is 23.2. The Kier molecular flexibility index (Phi) is 8.00. The summed E-state index contributed by atoms with van der Waals surface area (Å²) >= 11 is 0. The standard InChI is InChI=1S/C23H26FN7O2.2ClH/c1-29-10-7-25-21(29)15-3-4-16(17(24)11-15)13-31-8-5-23(33,6-9-31)12-18-19-20(28-30(18)2)22(32)27-14-26-19;;/h3-4,7,10-11,14,33H,5-6,8-9,12-13H2,1-2H3,(H,26,27,32);2*1H. The highest BCUT2D eigenvalue weighted by atomic mass is 35.5. The van der Waals surface area contributed by atoms with Crippen molar-refractivity contribution in [1.82, 2.24) is 34.2 Å². The summed E-state index contributed by atoms with van der Waals surface area (Å²) in [5.41, 5.74) is 1.68. The van der Waals surface area contributed by atoms with Crippen LogP contribution in [0.4, 0.5) is 4.39 Å². The van der Waals surface area contributed by atoms with Crippen LogP contribution in [0.15, 0.2) is 41.7 Å². The zero-order valence-corrected chi connectivity index (χ0v) is 21.1. The van der Waals surface area contributed by atoms with Gasteiger partial charge in [-0.3, -0.25) is 14.4 Å². The molecule has 3 aromatic heterocycles. The fourth-order valence-electron chi connectivity index (χ4n) is 4.57. The summed E-state index contributed by atoms with van der Waals surface area (Å²) in [6.07, 6.45) is 6.32. The number of likely N-dealkylation sites (tertiary alicyclic amines) is 1. The van der Waals surface area contributed by atoms with Crippen molar-refractivity contribution < 1.29 is 9.50 Å². The largest absolute Gasteiger partial charge is 0.389 e. The highest BCUT2D eigenvalue weighted by molar-refractivity contribution is 5.85. The number of halogens is 3. The number of benzene rings is 1. The van der Waals surface area contributed by atoms with E-state index in [1.54, 1.807) is 17.9 Å². The molecule has 5 rings (SSSR count). The molecule has 1 saturated heterocycles. The summed E-state index contributed by atoms with van der Waals surface area (Å²) in [6.45, 7) is 1.76. The second-order valence-electron chi connectivity index (χ2n) is 8.84. The lowest BCUT2D eigenvalue weighted by molar-refractivity contribution is -0.0236. The number of aryl methyl sites for hydroxylation is 2. The molecule has 0 atom stereocenters. The minimum absolute atomic E-state index is 0. The monoisotopic (exact) mass is 523 g/mol. The SMILES string of the molecule is Cl.Cl.Cn1ccnc1-c1ccc(CN2CCC(O)(Cc3c4nc[nH]c(=O)c4nn3C)CC2)c(F)c1. The summed E-state index contributed by atoms with van der Waals surface area (Å²) in [4.78, 5) is 25.2. The Hall–Kier alpha value is -2.79. The van der Waals surface area contributed by atoms with Gasteiger partial charge in [0.05, 0.1) is 17.6 Å². The summed E-state index contributed by atoms with van der Waals surface area (Å²) < 4.78 is 18.3. The van der Waals surface area contributed by atoms with Gasteiger partial charge in [0.2, 0.25) is 0 Å². The van der Waals surface area contributed by atoms with E-state index >= 15 is 0 Å². The molecule has 0 spiro atoms. The second-order valence-corrected chi connectivity index (χ2v) is 8.84. The lowest BCUT2D eigenvalue weighted by Crippen LogP contribution is -2.45. The molecule has 188 valence electrons. The van der Waals surface area contributed by atoms with Gasteiger partial charge in [0.25, 0.3) is 5.56 Å². The lowest BCUT2D eigenvalue weighted by Gasteiger charge is -2.38. The summed E-state index contributed by atoms with van der Waals surface area (Å²) in [5, 5.41) is 15.5. The molecule has 4 heterocycles. The Labute approximate surface area is 213 Å². The number of hydrogen-bond acceptors (Lipinski definition) is 6. The molecule has 9 nitrogen and oxygen atoms in total. The summed E-state index contributed by atoms with van der Waals surface area (Å²) in [6, 6.07) is 5.23.